The topological polar surface area (TPSA) is 83.7 Å². The van der Waals surface area contributed by atoms with Crippen LogP contribution in [0.5, 0.6) is 0 Å². The normalized spacial score (nSPS) is 27.7. The van der Waals surface area contributed by atoms with Gasteiger partial charge < -0.3 is 10.0 Å². The third-order valence-electron chi connectivity index (χ3n) is 4.76. The lowest BCUT2D eigenvalue weighted by molar-refractivity contribution is -0.384. The Hall–Kier alpha value is -1.95. The van der Waals surface area contributed by atoms with Crippen molar-refractivity contribution in [1.29, 1.82) is 0 Å². The largest absolute Gasteiger partial charge is 0.393 e. The molecule has 0 aromatic heterocycles. The Morgan fingerprint density at radius 3 is 2.76 bits per heavy atom. The van der Waals surface area contributed by atoms with Crippen LogP contribution in [0, 0.1) is 28.9 Å². The smallest absolute Gasteiger partial charge is 0.269 e. The first-order chi connectivity index (χ1) is 9.97. The van der Waals surface area contributed by atoms with Crippen LogP contribution in [0.4, 0.5) is 5.69 Å². The Morgan fingerprint density at radius 2 is 2.14 bits per heavy atom. The molecule has 6 nitrogen and oxygen atoms in total. The maximum Gasteiger partial charge on any atom is 0.269 e. The number of nitro benzene ring substituents is 1. The molecule has 1 aliphatic heterocycles. The van der Waals surface area contributed by atoms with Crippen molar-refractivity contribution in [3.8, 4) is 0 Å². The number of fused-ring (bicyclic) bond motifs is 1. The van der Waals surface area contributed by atoms with Crippen LogP contribution in [0.3, 0.4) is 0 Å². The van der Waals surface area contributed by atoms with Gasteiger partial charge in [-0.2, -0.15) is 0 Å². The van der Waals surface area contributed by atoms with Crippen LogP contribution in [0.2, 0.25) is 0 Å². The van der Waals surface area contributed by atoms with E-state index in [1.54, 1.807) is 11.8 Å². The molecule has 0 radical (unpaired) electrons. The Morgan fingerprint density at radius 1 is 1.38 bits per heavy atom. The van der Waals surface area contributed by atoms with E-state index in [-0.39, 0.29) is 23.6 Å². The fourth-order valence-corrected chi connectivity index (χ4v) is 3.57. The van der Waals surface area contributed by atoms with Gasteiger partial charge in [0, 0.05) is 36.7 Å². The number of hydrogen-bond donors (Lipinski definition) is 1. The van der Waals surface area contributed by atoms with Crippen molar-refractivity contribution in [2.24, 2.45) is 11.8 Å². The van der Waals surface area contributed by atoms with Crippen LogP contribution in [0.15, 0.2) is 18.2 Å². The van der Waals surface area contributed by atoms with Crippen LogP contribution in [0.25, 0.3) is 0 Å². The molecule has 3 unspecified atom stereocenters. The van der Waals surface area contributed by atoms with E-state index in [1.807, 2.05) is 0 Å². The van der Waals surface area contributed by atoms with Crippen LogP contribution < -0.4 is 0 Å². The summed E-state index contributed by atoms with van der Waals surface area (Å²) >= 11 is 0. The molecule has 6 heteroatoms. The predicted octanol–water partition coefficient (Wildman–Crippen LogP) is 1.75. The van der Waals surface area contributed by atoms with Gasteiger partial charge in [-0.25, -0.2) is 0 Å². The van der Waals surface area contributed by atoms with Crippen molar-refractivity contribution < 1.29 is 14.8 Å². The van der Waals surface area contributed by atoms with Crippen molar-refractivity contribution in [3.63, 3.8) is 0 Å². The van der Waals surface area contributed by atoms with Crippen LogP contribution >= 0.6 is 0 Å². The highest BCUT2D eigenvalue weighted by Crippen LogP contribution is 2.38. The summed E-state index contributed by atoms with van der Waals surface area (Å²) in [6, 6.07) is 4.32. The maximum atomic E-state index is 12.6. The van der Waals surface area contributed by atoms with Crippen molar-refractivity contribution in [2.75, 3.05) is 13.1 Å². The number of nitrogens with zero attached hydrogens (tertiary/aromatic N) is 2. The first-order valence-corrected chi connectivity index (χ1v) is 7.19. The van der Waals surface area contributed by atoms with E-state index >= 15 is 0 Å². The summed E-state index contributed by atoms with van der Waals surface area (Å²) in [4.78, 5) is 24.6. The molecule has 2 fully saturated rings. The minimum atomic E-state index is -0.460. The molecule has 1 aromatic rings. The summed E-state index contributed by atoms with van der Waals surface area (Å²) in [7, 11) is 0. The molecule has 21 heavy (non-hydrogen) atoms. The Kier molecular flexibility index (Phi) is 3.41. The lowest BCUT2D eigenvalue weighted by Crippen LogP contribution is -2.31. The summed E-state index contributed by atoms with van der Waals surface area (Å²) in [5.41, 5.74) is 1.12. The number of non-ortho nitro benzene ring substituents is 1. The van der Waals surface area contributed by atoms with Crippen molar-refractivity contribution in [3.05, 3.63) is 39.4 Å². The number of aryl methyl sites for hydroxylation is 1. The number of carbonyl (C=O) groups excluding carboxylic acids is 1. The lowest BCUT2D eigenvalue weighted by atomic mass is 10.00. The standard InChI is InChI=1S/C15H18N2O4/c1-9-6-11(17(20)21)3-4-12(9)15(19)16-7-10-2-5-14(18)13(10)8-16/h3-4,6,10,13-14,18H,2,5,7-8H2,1H3. The van der Waals surface area contributed by atoms with E-state index in [4.69, 9.17) is 0 Å². The van der Waals surface area contributed by atoms with E-state index in [0.29, 0.717) is 30.1 Å². The average Bonchev–Trinajstić information content (AvgIpc) is 3.00. The number of hydrogen-bond acceptors (Lipinski definition) is 4. The molecule has 2 aliphatic rings. The Labute approximate surface area is 122 Å². The molecule has 112 valence electrons. The minimum Gasteiger partial charge on any atom is -0.393 e. The van der Waals surface area contributed by atoms with E-state index < -0.39 is 4.92 Å². The van der Waals surface area contributed by atoms with Crippen LogP contribution in [-0.2, 0) is 0 Å². The zero-order chi connectivity index (χ0) is 15.1. The third kappa shape index (κ3) is 2.40. The molecule has 1 amide bonds. The molecule has 1 N–H and O–H groups in total. The molecule has 0 bridgehead atoms. The van der Waals surface area contributed by atoms with Gasteiger partial charge in [0.2, 0.25) is 0 Å². The van der Waals surface area contributed by atoms with Gasteiger partial charge >= 0.3 is 0 Å². The molecule has 1 saturated carbocycles. The average molecular weight is 290 g/mol. The first-order valence-electron chi connectivity index (χ1n) is 7.19. The number of amides is 1. The molecule has 1 saturated heterocycles. The highest BCUT2D eigenvalue weighted by molar-refractivity contribution is 5.96. The predicted molar refractivity (Wildman–Crippen MR) is 76.0 cm³/mol. The molecule has 1 aromatic carbocycles. The molecule has 0 spiro atoms. The van der Waals surface area contributed by atoms with E-state index in [0.717, 1.165) is 12.8 Å². The summed E-state index contributed by atoms with van der Waals surface area (Å²) in [6.45, 7) is 2.98. The highest BCUT2D eigenvalue weighted by atomic mass is 16.6. The summed E-state index contributed by atoms with van der Waals surface area (Å²) in [5.74, 6) is 0.485. The molecule has 3 rings (SSSR count). The van der Waals surface area contributed by atoms with Gasteiger partial charge in [-0.3, -0.25) is 14.9 Å². The number of likely N-dealkylation sites (tertiary alicyclic amines) is 1. The maximum absolute atomic E-state index is 12.6. The summed E-state index contributed by atoms with van der Waals surface area (Å²) < 4.78 is 0. The minimum absolute atomic E-state index is 0.00207. The molecule has 1 heterocycles. The van der Waals surface area contributed by atoms with Crippen molar-refractivity contribution >= 4 is 11.6 Å². The number of carbonyl (C=O) groups is 1. The van der Waals surface area contributed by atoms with E-state index in [1.165, 1.54) is 18.2 Å². The second-order valence-electron chi connectivity index (χ2n) is 6.04. The van der Waals surface area contributed by atoms with Crippen LogP contribution in [-0.4, -0.2) is 40.0 Å². The molecular formula is C15H18N2O4. The number of nitro groups is 1. The lowest BCUT2D eigenvalue weighted by Gasteiger charge is -2.19. The Bertz CT molecular complexity index is 601. The number of aliphatic hydroxyl groups excluding tert-OH is 1. The van der Waals surface area contributed by atoms with Gasteiger partial charge in [0.05, 0.1) is 11.0 Å². The van der Waals surface area contributed by atoms with Gasteiger partial charge in [-0.1, -0.05) is 0 Å². The fourth-order valence-electron chi connectivity index (χ4n) is 3.57. The first kappa shape index (κ1) is 14.0. The summed E-state index contributed by atoms with van der Waals surface area (Å²) in [6.07, 6.45) is 1.49. The van der Waals surface area contributed by atoms with Gasteiger partial charge in [-0.05, 0) is 37.3 Å². The van der Waals surface area contributed by atoms with E-state index in [9.17, 15) is 20.0 Å². The summed E-state index contributed by atoms with van der Waals surface area (Å²) in [5, 5.41) is 20.7. The molecule has 1 aliphatic carbocycles. The quantitative estimate of drug-likeness (QED) is 0.664. The van der Waals surface area contributed by atoms with Gasteiger partial charge in [0.15, 0.2) is 0 Å². The van der Waals surface area contributed by atoms with Crippen LogP contribution in [0.1, 0.15) is 28.8 Å². The van der Waals surface area contributed by atoms with Gasteiger partial charge in [0.1, 0.15) is 0 Å². The zero-order valence-electron chi connectivity index (χ0n) is 11.9. The van der Waals surface area contributed by atoms with Crippen molar-refractivity contribution in [1.82, 2.24) is 4.90 Å². The monoisotopic (exact) mass is 290 g/mol. The number of aliphatic hydroxyl groups is 1. The highest BCUT2D eigenvalue weighted by Gasteiger charge is 2.43. The zero-order valence-corrected chi connectivity index (χ0v) is 11.9. The Balaban J connectivity index is 1.79. The van der Waals surface area contributed by atoms with E-state index in [2.05, 4.69) is 0 Å². The second-order valence-corrected chi connectivity index (χ2v) is 6.04. The van der Waals surface area contributed by atoms with Gasteiger partial charge in [-0.15, -0.1) is 0 Å². The second kappa shape index (κ2) is 5.11. The van der Waals surface area contributed by atoms with Gasteiger partial charge in [0.25, 0.3) is 11.6 Å². The number of benzene rings is 1. The van der Waals surface area contributed by atoms with Crippen molar-refractivity contribution in [2.45, 2.75) is 25.9 Å². The molecule has 3 atom stereocenters. The fraction of sp³-hybridized carbons (Fsp3) is 0.533. The number of rotatable bonds is 2. The SMILES string of the molecule is Cc1cc([N+](=O)[O-])ccc1C(=O)N1CC2CCC(O)C2C1. The molecular weight excluding hydrogens is 272 g/mol. The third-order valence-corrected chi connectivity index (χ3v) is 4.76.